The Labute approximate surface area is 217 Å². The molecule has 1 aliphatic carbocycles. The van der Waals surface area contributed by atoms with Crippen molar-refractivity contribution in [2.24, 2.45) is 0 Å². The second kappa shape index (κ2) is 9.30. The Bertz CT molecular complexity index is 1390. The van der Waals surface area contributed by atoms with Crippen LogP contribution in [-0.4, -0.2) is 54.3 Å². The Balaban J connectivity index is 1.32. The Kier molecular flexibility index (Phi) is 6.05. The van der Waals surface area contributed by atoms with E-state index in [4.69, 9.17) is 4.74 Å². The lowest BCUT2D eigenvalue weighted by atomic mass is 10.0. The van der Waals surface area contributed by atoms with Gasteiger partial charge in [-0.3, -0.25) is 0 Å². The third kappa shape index (κ3) is 4.48. The van der Waals surface area contributed by atoms with Gasteiger partial charge in [-0.15, -0.1) is 0 Å². The molecule has 2 aromatic carbocycles. The summed E-state index contributed by atoms with van der Waals surface area (Å²) in [5.74, 6) is -2.69. The van der Waals surface area contributed by atoms with Gasteiger partial charge in [-0.05, 0) is 38.8 Å². The molecule has 2 N–H and O–H groups in total. The molecule has 0 atom stereocenters. The fourth-order valence-electron chi connectivity index (χ4n) is 5.07. The van der Waals surface area contributed by atoms with Crippen LogP contribution < -0.4 is 25.2 Å². The summed E-state index contributed by atoms with van der Waals surface area (Å²) < 4.78 is 65.9. The Morgan fingerprint density at radius 1 is 0.947 bits per heavy atom. The van der Waals surface area contributed by atoms with E-state index in [1.54, 1.807) is 11.0 Å². The van der Waals surface area contributed by atoms with E-state index < -0.39 is 23.3 Å². The van der Waals surface area contributed by atoms with Crippen LogP contribution in [0.25, 0.3) is 11.3 Å². The summed E-state index contributed by atoms with van der Waals surface area (Å²) in [5.41, 5.74) is 0.159. The minimum absolute atomic E-state index is 0.0688. The molecular weight excluding hydrogens is 500 g/mol. The first-order valence-electron chi connectivity index (χ1n) is 12.8. The summed E-state index contributed by atoms with van der Waals surface area (Å²) in [6, 6.07) is 5.05. The van der Waals surface area contributed by atoms with Crippen molar-refractivity contribution in [3.8, 4) is 17.0 Å². The highest BCUT2D eigenvalue weighted by Crippen LogP contribution is 2.50. The third-order valence-electron chi connectivity index (χ3n) is 7.30. The first-order valence-corrected chi connectivity index (χ1v) is 12.8. The molecule has 3 aromatic rings. The molecule has 0 amide bonds. The summed E-state index contributed by atoms with van der Waals surface area (Å²) in [7, 11) is 0. The highest BCUT2D eigenvalue weighted by Gasteiger charge is 2.51. The number of nitrogens with zero attached hydrogens (tertiary/aromatic N) is 4. The molecule has 200 valence electrons. The SMILES string of the molecule is CC(C)N1CC2(CC2)Oc2c(F)cc(-c3nc(Nc4cc(F)c(N5CCNCC5)cc4F)ncc3F)cc21. The van der Waals surface area contributed by atoms with Gasteiger partial charge in [-0.2, -0.15) is 0 Å². The Morgan fingerprint density at radius 3 is 2.42 bits per heavy atom. The maximum Gasteiger partial charge on any atom is 0.228 e. The summed E-state index contributed by atoms with van der Waals surface area (Å²) in [6.45, 7) is 7.11. The van der Waals surface area contributed by atoms with E-state index in [2.05, 4.69) is 25.5 Å². The number of piperazine rings is 1. The number of fused-ring (bicyclic) bond motifs is 1. The molecule has 0 bridgehead atoms. The number of hydrogen-bond donors (Lipinski definition) is 2. The third-order valence-corrected chi connectivity index (χ3v) is 7.30. The lowest BCUT2D eigenvalue weighted by Crippen LogP contribution is -2.45. The summed E-state index contributed by atoms with van der Waals surface area (Å²) in [5, 5.41) is 5.81. The number of nitrogens with one attached hydrogen (secondary N) is 2. The van der Waals surface area contributed by atoms with Gasteiger partial charge in [0.2, 0.25) is 5.95 Å². The molecule has 1 aromatic heterocycles. The molecule has 6 rings (SSSR count). The molecule has 7 nitrogen and oxygen atoms in total. The molecular formula is C27H28F4N6O. The number of halogens is 4. The van der Waals surface area contributed by atoms with Crippen molar-refractivity contribution >= 4 is 23.0 Å². The van der Waals surface area contributed by atoms with E-state index >= 15 is 4.39 Å². The zero-order valence-corrected chi connectivity index (χ0v) is 21.1. The molecule has 0 radical (unpaired) electrons. The molecule has 3 aliphatic rings. The minimum atomic E-state index is -0.776. The molecule has 11 heteroatoms. The molecule has 38 heavy (non-hydrogen) atoms. The van der Waals surface area contributed by atoms with Crippen LogP contribution >= 0.6 is 0 Å². The molecule has 2 fully saturated rings. The number of ether oxygens (including phenoxy) is 1. The fourth-order valence-corrected chi connectivity index (χ4v) is 5.07. The first kappa shape index (κ1) is 24.7. The predicted molar refractivity (Wildman–Crippen MR) is 137 cm³/mol. The standard InChI is InChI=1S/C27H28F4N6O/c1-15(2)37-14-27(3-4-27)38-25-19(30)9-16(10-23(25)37)24-20(31)13-33-26(35-24)34-21-11-18(29)22(12-17(21)28)36-7-5-32-6-8-36/h9-13,15,32H,3-8,14H2,1-2H3,(H,33,34,35). The molecule has 1 saturated heterocycles. The zero-order valence-electron chi connectivity index (χ0n) is 21.1. The summed E-state index contributed by atoms with van der Waals surface area (Å²) in [6.07, 6.45) is 2.64. The largest absolute Gasteiger partial charge is 0.480 e. The molecule has 2 aliphatic heterocycles. The van der Waals surface area contributed by atoms with Gasteiger partial charge < -0.3 is 25.2 Å². The lowest BCUT2D eigenvalue weighted by Gasteiger charge is -2.39. The number of aromatic nitrogens is 2. The van der Waals surface area contributed by atoms with Gasteiger partial charge in [-0.25, -0.2) is 27.5 Å². The van der Waals surface area contributed by atoms with Crippen LogP contribution in [-0.2, 0) is 0 Å². The number of hydrogen-bond acceptors (Lipinski definition) is 7. The van der Waals surface area contributed by atoms with Crippen molar-refractivity contribution in [2.75, 3.05) is 47.8 Å². The quantitative estimate of drug-likeness (QED) is 0.453. The van der Waals surface area contributed by atoms with E-state index in [0.29, 0.717) is 38.4 Å². The van der Waals surface area contributed by atoms with Crippen molar-refractivity contribution in [1.82, 2.24) is 15.3 Å². The van der Waals surface area contributed by atoms with Gasteiger partial charge in [0.25, 0.3) is 0 Å². The van der Waals surface area contributed by atoms with Crippen molar-refractivity contribution in [3.05, 3.63) is 53.7 Å². The highest BCUT2D eigenvalue weighted by molar-refractivity contribution is 5.74. The van der Waals surface area contributed by atoms with E-state index in [0.717, 1.165) is 31.2 Å². The number of benzene rings is 2. The molecule has 3 heterocycles. The van der Waals surface area contributed by atoms with Crippen LogP contribution in [0.15, 0.2) is 30.5 Å². The maximum atomic E-state index is 15.3. The summed E-state index contributed by atoms with van der Waals surface area (Å²) >= 11 is 0. The van der Waals surface area contributed by atoms with Crippen LogP contribution in [0, 0.1) is 23.3 Å². The van der Waals surface area contributed by atoms with Gasteiger partial charge >= 0.3 is 0 Å². The fraction of sp³-hybridized carbons (Fsp3) is 0.407. The maximum absolute atomic E-state index is 15.3. The van der Waals surface area contributed by atoms with Crippen LogP contribution in [0.3, 0.4) is 0 Å². The monoisotopic (exact) mass is 528 g/mol. The average Bonchev–Trinajstić information content (AvgIpc) is 3.65. The van der Waals surface area contributed by atoms with Crippen LogP contribution in [0.4, 0.5) is 40.6 Å². The molecule has 0 unspecified atom stereocenters. The van der Waals surface area contributed by atoms with Crippen molar-refractivity contribution in [1.29, 1.82) is 0 Å². The zero-order chi connectivity index (χ0) is 26.6. The number of anilines is 4. The predicted octanol–water partition coefficient (Wildman–Crippen LogP) is 4.99. The van der Waals surface area contributed by atoms with Gasteiger partial charge in [0.1, 0.15) is 22.9 Å². The van der Waals surface area contributed by atoms with Crippen molar-refractivity contribution in [2.45, 2.75) is 38.3 Å². The second-order valence-electron chi connectivity index (χ2n) is 10.3. The molecule has 1 spiro atoms. The van der Waals surface area contributed by atoms with Gasteiger partial charge in [0.15, 0.2) is 17.4 Å². The van der Waals surface area contributed by atoms with E-state index in [1.165, 1.54) is 6.07 Å². The van der Waals surface area contributed by atoms with Gasteiger partial charge in [0, 0.05) is 49.9 Å². The first-order chi connectivity index (χ1) is 18.2. The Hall–Kier alpha value is -3.60. The van der Waals surface area contributed by atoms with Gasteiger partial charge in [-0.1, -0.05) is 0 Å². The van der Waals surface area contributed by atoms with Gasteiger partial charge in [0.05, 0.1) is 29.8 Å². The Morgan fingerprint density at radius 2 is 1.71 bits per heavy atom. The van der Waals surface area contributed by atoms with Crippen molar-refractivity contribution in [3.63, 3.8) is 0 Å². The smallest absolute Gasteiger partial charge is 0.228 e. The highest BCUT2D eigenvalue weighted by atomic mass is 19.1. The van der Waals surface area contributed by atoms with Crippen LogP contribution in [0.2, 0.25) is 0 Å². The summed E-state index contributed by atoms with van der Waals surface area (Å²) in [4.78, 5) is 11.9. The minimum Gasteiger partial charge on any atom is -0.480 e. The van der Waals surface area contributed by atoms with E-state index in [9.17, 15) is 13.2 Å². The van der Waals surface area contributed by atoms with Crippen molar-refractivity contribution < 1.29 is 22.3 Å². The van der Waals surface area contributed by atoms with E-state index in [-0.39, 0.29) is 46.0 Å². The second-order valence-corrected chi connectivity index (χ2v) is 10.3. The van der Waals surface area contributed by atoms with Crippen LogP contribution in [0.5, 0.6) is 5.75 Å². The van der Waals surface area contributed by atoms with Crippen LogP contribution in [0.1, 0.15) is 26.7 Å². The topological polar surface area (TPSA) is 65.6 Å². The lowest BCUT2D eigenvalue weighted by molar-refractivity contribution is 0.160. The average molecular weight is 529 g/mol. The number of rotatable bonds is 5. The normalized spacial score (nSPS) is 18.0. The molecule has 1 saturated carbocycles. The van der Waals surface area contributed by atoms with E-state index in [1.807, 2.05) is 13.8 Å².